The Kier molecular flexibility index (Phi) is 5.25. The molecular formula is C21H22ClN3O2. The molecule has 2 fully saturated rings. The van der Waals surface area contributed by atoms with E-state index >= 15 is 0 Å². The number of rotatable bonds is 4. The summed E-state index contributed by atoms with van der Waals surface area (Å²) in [5.41, 5.74) is 1.89. The van der Waals surface area contributed by atoms with Gasteiger partial charge in [-0.2, -0.15) is 0 Å². The maximum atomic E-state index is 12.9. The lowest BCUT2D eigenvalue weighted by atomic mass is 10.1. The highest BCUT2D eigenvalue weighted by molar-refractivity contribution is 6.30. The molecule has 0 saturated carbocycles. The monoisotopic (exact) mass is 383 g/mol. The molecule has 0 unspecified atom stereocenters. The van der Waals surface area contributed by atoms with Gasteiger partial charge in [0.15, 0.2) is 0 Å². The van der Waals surface area contributed by atoms with E-state index in [4.69, 9.17) is 11.6 Å². The molecule has 0 aromatic heterocycles. The van der Waals surface area contributed by atoms with Crippen LogP contribution in [-0.4, -0.2) is 53.8 Å². The van der Waals surface area contributed by atoms with Crippen molar-refractivity contribution in [1.82, 2.24) is 9.80 Å². The Morgan fingerprint density at radius 1 is 0.889 bits per heavy atom. The zero-order chi connectivity index (χ0) is 18.8. The van der Waals surface area contributed by atoms with Crippen molar-refractivity contribution in [3.63, 3.8) is 0 Å². The molecule has 6 heteroatoms. The third kappa shape index (κ3) is 3.90. The Hall–Kier alpha value is -2.21. The first-order valence-electron chi connectivity index (χ1n) is 9.24. The van der Waals surface area contributed by atoms with Gasteiger partial charge in [0.25, 0.3) is 5.91 Å². The number of carbonyl (C=O) groups excluding carboxylic acids is 2. The lowest BCUT2D eigenvalue weighted by molar-refractivity contribution is -0.123. The fourth-order valence-corrected chi connectivity index (χ4v) is 3.96. The van der Waals surface area contributed by atoms with Crippen LogP contribution >= 0.6 is 11.6 Å². The third-order valence-corrected chi connectivity index (χ3v) is 5.56. The van der Waals surface area contributed by atoms with E-state index < -0.39 is 0 Å². The number of piperazine rings is 1. The molecule has 2 aromatic carbocycles. The number of imide groups is 1. The summed E-state index contributed by atoms with van der Waals surface area (Å²) < 4.78 is 0. The highest BCUT2D eigenvalue weighted by Crippen LogP contribution is 2.26. The maximum absolute atomic E-state index is 12.9. The number of halogens is 1. The molecule has 0 aliphatic carbocycles. The van der Waals surface area contributed by atoms with Crippen molar-refractivity contribution in [3.05, 3.63) is 65.2 Å². The molecule has 2 aliphatic heterocycles. The molecule has 1 atom stereocenters. The van der Waals surface area contributed by atoms with Crippen LogP contribution in [0.15, 0.2) is 54.6 Å². The number of carbonyl (C=O) groups is 2. The Morgan fingerprint density at radius 3 is 2.22 bits per heavy atom. The number of para-hydroxylation sites is 1. The summed E-state index contributed by atoms with van der Waals surface area (Å²) in [6.07, 6.45) is 0.269. The molecule has 5 nitrogen and oxygen atoms in total. The summed E-state index contributed by atoms with van der Waals surface area (Å²) in [7, 11) is 0. The molecular weight excluding hydrogens is 362 g/mol. The third-order valence-electron chi connectivity index (χ3n) is 5.30. The minimum atomic E-state index is -0.338. The van der Waals surface area contributed by atoms with E-state index in [1.807, 2.05) is 54.6 Å². The minimum Gasteiger partial charge on any atom is -0.297 e. The van der Waals surface area contributed by atoms with Crippen LogP contribution in [0.1, 0.15) is 12.0 Å². The van der Waals surface area contributed by atoms with Gasteiger partial charge < -0.3 is 0 Å². The fourth-order valence-electron chi connectivity index (χ4n) is 3.83. The van der Waals surface area contributed by atoms with Gasteiger partial charge in [-0.3, -0.25) is 19.4 Å². The van der Waals surface area contributed by atoms with Crippen LogP contribution in [0.4, 0.5) is 5.69 Å². The normalized spacial score (nSPS) is 21.8. The summed E-state index contributed by atoms with van der Waals surface area (Å²) in [6.45, 7) is 4.22. The highest BCUT2D eigenvalue weighted by Gasteiger charge is 2.43. The predicted molar refractivity (Wildman–Crippen MR) is 106 cm³/mol. The van der Waals surface area contributed by atoms with Crippen molar-refractivity contribution in [2.75, 3.05) is 31.1 Å². The summed E-state index contributed by atoms with van der Waals surface area (Å²) in [5, 5.41) is 0.746. The van der Waals surface area contributed by atoms with E-state index in [1.54, 1.807) is 0 Å². The lowest BCUT2D eigenvalue weighted by Gasteiger charge is -2.37. The van der Waals surface area contributed by atoms with Crippen molar-refractivity contribution in [3.8, 4) is 0 Å². The number of benzene rings is 2. The molecule has 2 saturated heterocycles. The SMILES string of the molecule is O=C1C[C@H](N2CCN(Cc3ccc(Cl)cc3)CC2)C(=O)N1c1ccccc1. The van der Waals surface area contributed by atoms with Crippen molar-refractivity contribution >= 4 is 29.1 Å². The Balaban J connectivity index is 1.36. The van der Waals surface area contributed by atoms with Gasteiger partial charge in [0.2, 0.25) is 5.91 Å². The van der Waals surface area contributed by atoms with Gasteiger partial charge in [-0.05, 0) is 29.8 Å². The second kappa shape index (κ2) is 7.80. The molecule has 140 valence electrons. The number of amides is 2. The van der Waals surface area contributed by atoms with E-state index in [0.717, 1.165) is 37.7 Å². The smallest absolute Gasteiger partial charge is 0.251 e. The first kappa shape index (κ1) is 18.2. The van der Waals surface area contributed by atoms with Crippen LogP contribution in [0.3, 0.4) is 0 Å². The van der Waals surface area contributed by atoms with Crippen LogP contribution in [-0.2, 0) is 16.1 Å². The summed E-state index contributed by atoms with van der Waals surface area (Å²) in [4.78, 5) is 31.1. The van der Waals surface area contributed by atoms with Gasteiger partial charge in [-0.25, -0.2) is 4.90 Å². The van der Waals surface area contributed by atoms with E-state index in [0.29, 0.717) is 5.69 Å². The average Bonchev–Trinajstić information content (AvgIpc) is 2.99. The standard InChI is InChI=1S/C21H22ClN3O2/c22-17-8-6-16(7-9-17)15-23-10-12-24(13-11-23)19-14-20(26)25(21(19)27)18-4-2-1-3-5-18/h1-9,19H,10-15H2/t19-/m0/s1. The molecule has 2 heterocycles. The zero-order valence-electron chi connectivity index (χ0n) is 15.1. The molecule has 2 aromatic rings. The Labute approximate surface area is 164 Å². The molecule has 27 heavy (non-hydrogen) atoms. The number of anilines is 1. The van der Waals surface area contributed by atoms with Crippen molar-refractivity contribution in [2.24, 2.45) is 0 Å². The van der Waals surface area contributed by atoms with Gasteiger partial charge in [0.05, 0.1) is 18.2 Å². The summed E-state index contributed by atoms with van der Waals surface area (Å²) in [5.74, 6) is -0.211. The lowest BCUT2D eigenvalue weighted by Crippen LogP contribution is -2.52. The van der Waals surface area contributed by atoms with Crippen LogP contribution in [0.2, 0.25) is 5.02 Å². The Morgan fingerprint density at radius 2 is 1.56 bits per heavy atom. The van der Waals surface area contributed by atoms with E-state index in [9.17, 15) is 9.59 Å². The molecule has 0 N–H and O–H groups in total. The Bertz CT molecular complexity index is 817. The molecule has 0 radical (unpaired) electrons. The number of hydrogen-bond donors (Lipinski definition) is 0. The second-order valence-corrected chi connectivity index (χ2v) is 7.50. The highest BCUT2D eigenvalue weighted by atomic mass is 35.5. The van der Waals surface area contributed by atoms with E-state index in [1.165, 1.54) is 10.5 Å². The molecule has 0 bridgehead atoms. The van der Waals surface area contributed by atoms with E-state index in [2.05, 4.69) is 9.80 Å². The molecule has 0 spiro atoms. The van der Waals surface area contributed by atoms with Crippen molar-refractivity contribution < 1.29 is 9.59 Å². The van der Waals surface area contributed by atoms with Crippen LogP contribution in [0, 0.1) is 0 Å². The second-order valence-electron chi connectivity index (χ2n) is 7.06. The van der Waals surface area contributed by atoms with Gasteiger partial charge in [-0.15, -0.1) is 0 Å². The molecule has 2 aliphatic rings. The minimum absolute atomic E-state index is 0.0997. The fraction of sp³-hybridized carbons (Fsp3) is 0.333. The van der Waals surface area contributed by atoms with Crippen molar-refractivity contribution in [2.45, 2.75) is 19.0 Å². The predicted octanol–water partition coefficient (Wildman–Crippen LogP) is 2.79. The first-order chi connectivity index (χ1) is 13.1. The maximum Gasteiger partial charge on any atom is 0.251 e. The number of nitrogens with zero attached hydrogens (tertiary/aromatic N) is 3. The summed E-state index contributed by atoms with van der Waals surface area (Å²) >= 11 is 5.94. The van der Waals surface area contributed by atoms with Crippen LogP contribution in [0.5, 0.6) is 0 Å². The van der Waals surface area contributed by atoms with Gasteiger partial charge in [-0.1, -0.05) is 41.9 Å². The zero-order valence-corrected chi connectivity index (χ0v) is 15.8. The first-order valence-corrected chi connectivity index (χ1v) is 9.62. The van der Waals surface area contributed by atoms with E-state index in [-0.39, 0.29) is 24.3 Å². The van der Waals surface area contributed by atoms with Crippen molar-refractivity contribution in [1.29, 1.82) is 0 Å². The topological polar surface area (TPSA) is 43.9 Å². The van der Waals surface area contributed by atoms with Crippen LogP contribution in [0.25, 0.3) is 0 Å². The van der Waals surface area contributed by atoms with Gasteiger partial charge >= 0.3 is 0 Å². The summed E-state index contributed by atoms with van der Waals surface area (Å²) in [6, 6.07) is 16.8. The average molecular weight is 384 g/mol. The van der Waals surface area contributed by atoms with Gasteiger partial charge in [0.1, 0.15) is 0 Å². The molecule has 4 rings (SSSR count). The van der Waals surface area contributed by atoms with Gasteiger partial charge in [0, 0.05) is 37.7 Å². The quantitative estimate of drug-likeness (QED) is 0.761. The largest absolute Gasteiger partial charge is 0.297 e. The molecule has 2 amide bonds. The van der Waals surface area contributed by atoms with Crippen LogP contribution < -0.4 is 4.90 Å². The number of hydrogen-bond acceptors (Lipinski definition) is 4.